The summed E-state index contributed by atoms with van der Waals surface area (Å²) < 4.78 is 75.1. The smallest absolute Gasteiger partial charge is 0.790 e. The minimum Gasteiger partial charge on any atom is -0.790 e. The first-order valence-corrected chi connectivity index (χ1v) is 50.2. The molecule has 0 bridgehead atoms. The van der Waals surface area contributed by atoms with Gasteiger partial charge < -0.3 is 87.8 Å². The molecule has 0 unspecified atom stereocenters. The van der Waals surface area contributed by atoms with Gasteiger partial charge in [0.15, 0.2) is 6.79 Å². The average molecular weight is 1920 g/mol. The van der Waals surface area contributed by atoms with Gasteiger partial charge in [-0.25, -0.2) is 9.59 Å². The zero-order valence-electron chi connectivity index (χ0n) is 85.9. The van der Waals surface area contributed by atoms with Crippen LogP contribution in [0.15, 0.2) is 134 Å². The number of hydrogen-bond donors (Lipinski definition) is 3. The predicted molar refractivity (Wildman–Crippen MR) is 522 cm³/mol. The Morgan fingerprint density at radius 1 is 0.382 bits per heavy atom. The first-order chi connectivity index (χ1) is 63.7. The summed E-state index contributed by atoms with van der Waals surface area (Å²) in [6.07, 6.45) is 18.3. The van der Waals surface area contributed by atoms with Gasteiger partial charge in [-0.3, -0.25) is 19.4 Å². The normalized spacial score (nSPS) is 15.6. The van der Waals surface area contributed by atoms with E-state index >= 15 is 0 Å². The van der Waals surface area contributed by atoms with Crippen LogP contribution in [0.25, 0.3) is 0 Å². The van der Waals surface area contributed by atoms with Crippen molar-refractivity contribution in [3.05, 3.63) is 206 Å². The number of esters is 4. The maximum atomic E-state index is 12.0. The van der Waals surface area contributed by atoms with Gasteiger partial charge in [0.25, 0.3) is 0 Å². The van der Waals surface area contributed by atoms with Crippen LogP contribution in [0.2, 0.25) is 0 Å². The zero-order chi connectivity index (χ0) is 98.3. The summed E-state index contributed by atoms with van der Waals surface area (Å²) in [6, 6.07) is 41.1. The van der Waals surface area contributed by atoms with Gasteiger partial charge in [0, 0.05) is 25.5 Å². The maximum Gasteiger partial charge on any atom is 1.00 e. The number of ether oxygens (including phenoxy) is 11. The van der Waals surface area contributed by atoms with E-state index in [1.807, 2.05) is 32.0 Å². The van der Waals surface area contributed by atoms with E-state index < -0.39 is 44.2 Å². The number of nitrogens with zero attached hydrogens (tertiary/aromatic N) is 1. The summed E-state index contributed by atoms with van der Waals surface area (Å²) in [7, 11) is -3.22. The van der Waals surface area contributed by atoms with Crippen LogP contribution < -0.4 is 114 Å². The third-order valence-electron chi connectivity index (χ3n) is 25.8. The molecule has 6 aromatic carbocycles. The van der Waals surface area contributed by atoms with Crippen molar-refractivity contribution in [2.24, 2.45) is 47.0 Å². The Kier molecular flexibility index (Phi) is 49.4. The molecule has 6 saturated carbocycles. The van der Waals surface area contributed by atoms with Crippen molar-refractivity contribution in [3.63, 3.8) is 0 Å². The largest absolute Gasteiger partial charge is 1.00 e. The standard InChI is InChI=1S/C23H35NO5.C21H25NO3.C18H27NO3.C17H25NO3.C15H23O5P.C15H22O.2Na/c1-15(2)18-8-7-9-19(16(3)17-10-11-17)21(18)28-14-27-20(25)12-13-24-22(26)29-23(4,5)6;1-14(2)18-7-4-8-19(15(3)16-9-10-16)20(18)24-13-25-21(23)17-6-5-11-22-12-17;1-12(2)15-5-4-6-16(13(3)14-7-8-14)18(15)22-11-21-17(20)9-10-19;1-11(2)14-5-4-6-15(12(3)13-7-8-13)17(14)21-10-20-16(19)9-18;1-10(2)13-5-4-6-14(11(3)12-7-8-12)15(13)19-9-20-21(16,17)18;1-10(2)13-6-5-7-14(15(13)16-4)11(3)12-8-9-12;;/h7-9,15-17H,10-14H2,1-6H3,(H,24,26);4-8,11-12,14-16H,9-10,13H2,1-3H3;4-6,12-14H,7-11,19H2,1-3H3;4-6,11-13H,7-10,18H2,1-3H3;4-6,10-12H,7-9H2,1-3H3,(H2,16,17,18);5-7,10-12H,8-9H2,1-4H3;;/q;;;;;;2*+1/p-2/t16-;15-;13-;12-;2*11-;;/m111111../s1. The van der Waals surface area contributed by atoms with Crippen LogP contribution in [0.4, 0.5) is 4.79 Å². The van der Waals surface area contributed by atoms with E-state index in [1.165, 1.54) is 122 Å². The molecular formula is C109H155N4Na2O20P. The van der Waals surface area contributed by atoms with Crippen LogP contribution in [0.3, 0.4) is 0 Å². The number of aromatic nitrogens is 1. The summed E-state index contributed by atoms with van der Waals surface area (Å²) in [6.45, 7) is 43.9. The Labute approximate surface area is 855 Å². The number of para-hydroxylation sites is 6. The molecule has 13 rings (SSSR count). The van der Waals surface area contributed by atoms with Gasteiger partial charge >= 0.3 is 89.1 Å². The molecule has 27 heteroatoms. The number of hydrogen-bond acceptors (Lipinski definition) is 23. The fraction of sp³-hybridized carbons (Fsp3) is 0.578. The molecular weight excluding hydrogens is 1760 g/mol. The second kappa shape index (κ2) is 57.4. The number of benzene rings is 6. The van der Waals surface area contributed by atoms with E-state index in [0.717, 1.165) is 80.2 Å². The number of rotatable bonds is 42. The number of amides is 1. The number of phosphoric acid groups is 1. The van der Waals surface area contributed by atoms with Crippen LogP contribution >= 0.6 is 7.82 Å². The monoisotopic (exact) mass is 1920 g/mol. The summed E-state index contributed by atoms with van der Waals surface area (Å²) in [4.78, 5) is 83.2. The minimum absolute atomic E-state index is 0. The van der Waals surface area contributed by atoms with E-state index in [-0.39, 0.29) is 124 Å². The quantitative estimate of drug-likeness (QED) is 0.0105. The Hall–Kier alpha value is -7.55. The van der Waals surface area contributed by atoms with E-state index in [1.54, 1.807) is 46.2 Å². The molecule has 0 aliphatic heterocycles. The summed E-state index contributed by atoms with van der Waals surface area (Å²) >= 11 is 0. The average Bonchev–Trinajstić information content (AvgIpc) is 1.54. The van der Waals surface area contributed by atoms with Crippen molar-refractivity contribution in [2.45, 2.75) is 312 Å². The molecule has 1 heterocycles. The summed E-state index contributed by atoms with van der Waals surface area (Å²) in [5, 5.41) is 2.54. The molecule has 1 aromatic heterocycles. The number of carbonyl (C=O) groups excluding carboxylic acids is 5. The van der Waals surface area contributed by atoms with Gasteiger partial charge in [-0.05, 0) is 283 Å². The maximum absolute atomic E-state index is 12.0. The number of carbonyl (C=O) groups is 5. The van der Waals surface area contributed by atoms with Crippen molar-refractivity contribution >= 4 is 37.8 Å². The second-order valence-corrected chi connectivity index (χ2v) is 40.7. The van der Waals surface area contributed by atoms with Crippen molar-refractivity contribution in [1.29, 1.82) is 0 Å². The molecule has 136 heavy (non-hydrogen) atoms. The minimum atomic E-state index is -5.01. The molecule has 738 valence electrons. The molecule has 6 aliphatic rings. The topological polar surface area (TPSA) is 336 Å². The number of pyridine rings is 1. The fourth-order valence-corrected chi connectivity index (χ4v) is 16.9. The van der Waals surface area contributed by atoms with Crippen LogP contribution in [-0.2, 0) is 47.2 Å². The Morgan fingerprint density at radius 3 is 0.897 bits per heavy atom. The summed E-state index contributed by atoms with van der Waals surface area (Å²) in [5.74, 6) is 13.1. The van der Waals surface area contributed by atoms with Crippen molar-refractivity contribution in [2.75, 3.05) is 60.7 Å². The van der Waals surface area contributed by atoms with Gasteiger partial charge in [-0.2, -0.15) is 0 Å². The molecule has 24 nitrogen and oxygen atoms in total. The molecule has 6 fully saturated rings. The third-order valence-corrected chi connectivity index (χ3v) is 26.2. The van der Waals surface area contributed by atoms with E-state index in [9.17, 15) is 38.3 Å². The van der Waals surface area contributed by atoms with E-state index in [4.69, 9.17) is 63.6 Å². The van der Waals surface area contributed by atoms with Crippen LogP contribution in [-0.4, -0.2) is 101 Å². The number of phosphoric ester groups is 1. The Morgan fingerprint density at radius 2 is 0.647 bits per heavy atom. The molecule has 6 aliphatic carbocycles. The number of nitrogens with two attached hydrogens (primary N) is 2. The molecule has 0 radical (unpaired) electrons. The van der Waals surface area contributed by atoms with Crippen molar-refractivity contribution in [1.82, 2.24) is 10.3 Å². The molecule has 0 spiro atoms. The van der Waals surface area contributed by atoms with Crippen molar-refractivity contribution < 1.29 is 154 Å². The SMILES string of the molecule is CC(C)c1cccc([C@H](C)C2CC2)c1OCOC(=O)CCN.CC(C)c1cccc([C@H](C)C2CC2)c1OCOC(=O)CCNC(=O)OC(C)(C)C.CC(C)c1cccc([C@H](C)C2CC2)c1OCOC(=O)CN.CC(C)c1cccc([C@H](C)C2CC2)c1OCOC(=O)c1cccnc1.CC(C)c1cccc([C@H](C)C2CC2)c1OCOP(=O)([O-])[O-].COc1c(C(C)C)cccc1[C@H](C)C1CC1.[Na+].[Na+]. The van der Waals surface area contributed by atoms with Gasteiger partial charge in [0.2, 0.25) is 27.2 Å². The van der Waals surface area contributed by atoms with Crippen LogP contribution in [0, 0.1) is 35.5 Å². The number of nitrogens with one attached hydrogen (secondary N) is 1. The van der Waals surface area contributed by atoms with Crippen LogP contribution in [0.5, 0.6) is 34.5 Å². The third kappa shape index (κ3) is 38.5. The van der Waals surface area contributed by atoms with Gasteiger partial charge in [-0.1, -0.05) is 234 Å². The molecule has 5 N–H and O–H groups in total. The first-order valence-electron chi connectivity index (χ1n) is 48.7. The first kappa shape index (κ1) is 117. The van der Waals surface area contributed by atoms with E-state index in [2.05, 4.69) is 217 Å². The molecule has 1 amide bonds. The van der Waals surface area contributed by atoms with Crippen molar-refractivity contribution in [3.8, 4) is 34.5 Å². The van der Waals surface area contributed by atoms with E-state index in [0.29, 0.717) is 94.8 Å². The van der Waals surface area contributed by atoms with Gasteiger partial charge in [0.1, 0.15) is 40.1 Å². The molecule has 0 saturated heterocycles. The number of alkyl carbamates (subject to hydrolysis) is 1. The van der Waals surface area contributed by atoms with Crippen LogP contribution in [0.1, 0.15) is 383 Å². The van der Waals surface area contributed by atoms with Gasteiger partial charge in [-0.15, -0.1) is 0 Å². The summed E-state index contributed by atoms with van der Waals surface area (Å²) in [5.41, 5.74) is 24.6. The predicted octanol–water partition coefficient (Wildman–Crippen LogP) is 17.6. The second-order valence-electron chi connectivity index (χ2n) is 39.5. The fourth-order valence-electron chi connectivity index (χ4n) is 16.7. The Bertz CT molecular complexity index is 4900. The Balaban J connectivity index is 0.000000252. The number of methoxy groups -OCH3 is 1. The molecule has 7 aromatic rings. The molecule has 6 atom stereocenters. The van der Waals surface area contributed by atoms with Gasteiger partial charge in [0.05, 0.1) is 39.9 Å². The zero-order valence-corrected chi connectivity index (χ0v) is 90.8.